The molecule has 0 aromatic carbocycles. The first-order valence-corrected chi connectivity index (χ1v) is 6.45. The molecule has 3 N–H and O–H groups in total. The van der Waals surface area contributed by atoms with E-state index in [2.05, 4.69) is 10.3 Å². The molecule has 1 heterocycles. The minimum Gasteiger partial charge on any atom is -0.478 e. The molecule has 0 spiro atoms. The van der Waals surface area contributed by atoms with Crippen LogP contribution in [0.4, 0.5) is 5.82 Å². The van der Waals surface area contributed by atoms with E-state index in [4.69, 9.17) is 5.11 Å². The second kappa shape index (κ2) is 6.02. The third-order valence-electron chi connectivity index (χ3n) is 3.24. The van der Waals surface area contributed by atoms with E-state index in [0.29, 0.717) is 12.2 Å². The molecule has 5 heteroatoms. The average molecular weight is 266 g/mol. The Bertz CT molecular complexity index is 454. The summed E-state index contributed by atoms with van der Waals surface area (Å²) in [4.78, 5) is 15.5. The average Bonchev–Trinajstić information content (AvgIpc) is 2.38. The molecule has 0 saturated heterocycles. The van der Waals surface area contributed by atoms with Crippen molar-refractivity contribution in [2.45, 2.75) is 45.6 Å². The van der Waals surface area contributed by atoms with Crippen LogP contribution in [0.1, 0.15) is 56.1 Å². The number of pyridine rings is 1. The predicted molar refractivity (Wildman–Crippen MR) is 74.7 cm³/mol. The van der Waals surface area contributed by atoms with E-state index >= 15 is 0 Å². The second-order valence-corrected chi connectivity index (χ2v) is 5.32. The zero-order chi connectivity index (χ0) is 14.6. The number of rotatable bonds is 6. The number of carbonyl (C=O) groups is 1. The molecule has 0 aliphatic carbocycles. The largest absolute Gasteiger partial charge is 0.478 e. The lowest BCUT2D eigenvalue weighted by Crippen LogP contribution is -2.38. The van der Waals surface area contributed by atoms with Gasteiger partial charge >= 0.3 is 5.97 Å². The summed E-state index contributed by atoms with van der Waals surface area (Å²) in [5.74, 6) is -0.349. The van der Waals surface area contributed by atoms with Crippen LogP contribution in [0.25, 0.3) is 0 Å². The maximum absolute atomic E-state index is 11.1. The summed E-state index contributed by atoms with van der Waals surface area (Å²) >= 11 is 0. The van der Waals surface area contributed by atoms with Crippen molar-refractivity contribution >= 4 is 11.8 Å². The second-order valence-electron chi connectivity index (χ2n) is 5.32. The molecule has 0 radical (unpaired) electrons. The van der Waals surface area contributed by atoms with Gasteiger partial charge < -0.3 is 15.5 Å². The molecule has 0 aliphatic rings. The quantitative estimate of drug-likeness (QED) is 0.736. The fourth-order valence-corrected chi connectivity index (χ4v) is 1.58. The van der Waals surface area contributed by atoms with E-state index in [1.807, 2.05) is 27.7 Å². The van der Waals surface area contributed by atoms with Gasteiger partial charge in [-0.1, -0.05) is 20.8 Å². The Kier molecular flexibility index (Phi) is 4.89. The number of hydrogen-bond acceptors (Lipinski definition) is 4. The summed E-state index contributed by atoms with van der Waals surface area (Å²) in [6.07, 6.45) is 0.708. The van der Waals surface area contributed by atoms with Crippen LogP contribution >= 0.6 is 0 Å². The summed E-state index contributed by atoms with van der Waals surface area (Å²) < 4.78 is 0. The summed E-state index contributed by atoms with van der Waals surface area (Å²) in [5, 5.41) is 21.6. The van der Waals surface area contributed by atoms with Crippen molar-refractivity contribution in [3.63, 3.8) is 0 Å². The monoisotopic (exact) mass is 266 g/mol. The highest BCUT2D eigenvalue weighted by atomic mass is 16.4. The van der Waals surface area contributed by atoms with Gasteiger partial charge in [0.2, 0.25) is 0 Å². The highest BCUT2D eigenvalue weighted by Crippen LogP contribution is 2.21. The fourth-order valence-electron chi connectivity index (χ4n) is 1.58. The van der Waals surface area contributed by atoms with E-state index in [-0.39, 0.29) is 18.1 Å². The van der Waals surface area contributed by atoms with Gasteiger partial charge in [0, 0.05) is 5.69 Å². The molecular formula is C14H22N2O3. The minimum atomic E-state index is -0.977. The lowest BCUT2D eigenvalue weighted by atomic mass is 10.00. The van der Waals surface area contributed by atoms with Gasteiger partial charge in [-0.25, -0.2) is 9.78 Å². The Morgan fingerprint density at radius 1 is 1.47 bits per heavy atom. The van der Waals surface area contributed by atoms with Crippen LogP contribution < -0.4 is 5.32 Å². The van der Waals surface area contributed by atoms with Gasteiger partial charge in [-0.2, -0.15) is 0 Å². The van der Waals surface area contributed by atoms with E-state index < -0.39 is 11.5 Å². The number of aromatic nitrogens is 1. The summed E-state index contributed by atoms with van der Waals surface area (Å²) in [6, 6.07) is 3.08. The standard InChI is InChI=1S/C14H22N2O3/c1-5-14(4,8-17)16-12-7-10(13(18)19)6-11(15-12)9(2)3/h6-7,9,17H,5,8H2,1-4H3,(H,15,16)(H,18,19). The first-order valence-electron chi connectivity index (χ1n) is 6.45. The number of nitrogens with one attached hydrogen (secondary N) is 1. The molecule has 1 aromatic heterocycles. The van der Waals surface area contributed by atoms with Gasteiger partial charge in [-0.15, -0.1) is 0 Å². The van der Waals surface area contributed by atoms with Gasteiger partial charge in [-0.3, -0.25) is 0 Å². The molecule has 1 aromatic rings. The van der Waals surface area contributed by atoms with Crippen molar-refractivity contribution in [1.29, 1.82) is 0 Å². The molecule has 0 saturated carbocycles. The van der Waals surface area contributed by atoms with Crippen LogP contribution in [0.2, 0.25) is 0 Å². The van der Waals surface area contributed by atoms with Crippen molar-refractivity contribution in [3.05, 3.63) is 23.4 Å². The van der Waals surface area contributed by atoms with Crippen LogP contribution in [-0.4, -0.2) is 33.3 Å². The Morgan fingerprint density at radius 3 is 2.53 bits per heavy atom. The van der Waals surface area contributed by atoms with Crippen molar-refractivity contribution < 1.29 is 15.0 Å². The third-order valence-corrected chi connectivity index (χ3v) is 3.24. The highest BCUT2D eigenvalue weighted by Gasteiger charge is 2.22. The van der Waals surface area contributed by atoms with Crippen molar-refractivity contribution in [1.82, 2.24) is 4.98 Å². The first-order chi connectivity index (χ1) is 8.81. The molecule has 1 unspecified atom stereocenters. The lowest BCUT2D eigenvalue weighted by molar-refractivity contribution is 0.0696. The number of aromatic carboxylic acids is 1. The molecule has 0 aliphatic heterocycles. The number of anilines is 1. The van der Waals surface area contributed by atoms with Crippen molar-refractivity contribution in [2.24, 2.45) is 0 Å². The first kappa shape index (κ1) is 15.4. The molecule has 1 atom stereocenters. The number of nitrogens with zero attached hydrogens (tertiary/aromatic N) is 1. The topological polar surface area (TPSA) is 82.5 Å². The molecule has 106 valence electrons. The Hall–Kier alpha value is -1.62. The molecule has 19 heavy (non-hydrogen) atoms. The normalized spacial score (nSPS) is 14.2. The zero-order valence-electron chi connectivity index (χ0n) is 11.9. The number of carboxylic acids is 1. The van der Waals surface area contributed by atoms with Gasteiger partial charge in [-0.05, 0) is 31.4 Å². The van der Waals surface area contributed by atoms with Crippen LogP contribution in [0.3, 0.4) is 0 Å². The third kappa shape index (κ3) is 3.92. The van der Waals surface area contributed by atoms with Crippen LogP contribution in [0.15, 0.2) is 12.1 Å². The van der Waals surface area contributed by atoms with Gasteiger partial charge in [0.05, 0.1) is 17.7 Å². The maximum atomic E-state index is 11.1. The van der Waals surface area contributed by atoms with E-state index in [0.717, 1.165) is 5.69 Å². The highest BCUT2D eigenvalue weighted by molar-refractivity contribution is 5.88. The lowest BCUT2D eigenvalue weighted by Gasteiger charge is -2.28. The summed E-state index contributed by atoms with van der Waals surface area (Å²) in [6.45, 7) is 7.70. The van der Waals surface area contributed by atoms with Gasteiger partial charge in [0.25, 0.3) is 0 Å². The molecule has 1 rings (SSSR count). The molecule has 0 fully saturated rings. The SMILES string of the molecule is CCC(C)(CO)Nc1cc(C(=O)O)cc(C(C)C)n1. The molecule has 0 amide bonds. The number of aliphatic hydroxyl groups is 1. The predicted octanol–water partition coefficient (Wildman–Crippen LogP) is 2.48. The van der Waals surface area contributed by atoms with E-state index in [1.165, 1.54) is 6.07 Å². The molecule has 5 nitrogen and oxygen atoms in total. The number of hydrogen-bond donors (Lipinski definition) is 3. The van der Waals surface area contributed by atoms with Crippen LogP contribution in [-0.2, 0) is 0 Å². The van der Waals surface area contributed by atoms with Gasteiger partial charge in [0.15, 0.2) is 0 Å². The molecular weight excluding hydrogens is 244 g/mol. The fraction of sp³-hybridized carbons (Fsp3) is 0.571. The van der Waals surface area contributed by atoms with Crippen LogP contribution in [0, 0.1) is 0 Å². The molecule has 0 bridgehead atoms. The van der Waals surface area contributed by atoms with E-state index in [9.17, 15) is 9.90 Å². The smallest absolute Gasteiger partial charge is 0.335 e. The number of aliphatic hydroxyl groups excluding tert-OH is 1. The van der Waals surface area contributed by atoms with E-state index in [1.54, 1.807) is 6.07 Å². The number of carboxylic acid groups (broad SMARTS) is 1. The van der Waals surface area contributed by atoms with Crippen molar-refractivity contribution in [3.8, 4) is 0 Å². The van der Waals surface area contributed by atoms with Crippen molar-refractivity contribution in [2.75, 3.05) is 11.9 Å². The maximum Gasteiger partial charge on any atom is 0.335 e. The summed E-state index contributed by atoms with van der Waals surface area (Å²) in [7, 11) is 0. The zero-order valence-corrected chi connectivity index (χ0v) is 11.9. The Labute approximate surface area is 113 Å². The van der Waals surface area contributed by atoms with Gasteiger partial charge in [0.1, 0.15) is 5.82 Å². The summed E-state index contributed by atoms with van der Waals surface area (Å²) in [5.41, 5.74) is 0.426. The minimum absolute atomic E-state index is 0.0422. The Balaban J connectivity index is 3.16. The van der Waals surface area contributed by atoms with Crippen LogP contribution in [0.5, 0.6) is 0 Å². The Morgan fingerprint density at radius 2 is 2.11 bits per heavy atom.